The topological polar surface area (TPSA) is 15.6 Å². The molecule has 0 amide bonds. The van der Waals surface area contributed by atoms with Gasteiger partial charge < -0.3 is 4.90 Å². The summed E-state index contributed by atoms with van der Waals surface area (Å²) in [5.74, 6) is 1.19. The molecule has 0 aromatic heterocycles. The van der Waals surface area contributed by atoms with Crippen LogP contribution in [-0.4, -0.2) is 18.9 Å². The molecule has 0 bridgehead atoms. The molecule has 1 aromatic carbocycles. The van der Waals surface area contributed by atoms with Crippen molar-refractivity contribution in [1.82, 2.24) is 0 Å². The molecule has 3 heteroatoms. The molecular formula is C13H17ClN2. The van der Waals surface area contributed by atoms with Crippen LogP contribution in [0.3, 0.4) is 0 Å². The molecule has 0 N–H and O–H groups in total. The zero-order valence-corrected chi connectivity index (χ0v) is 10.4. The van der Waals surface area contributed by atoms with Gasteiger partial charge in [-0.25, -0.2) is 0 Å². The number of rotatable bonds is 2. The van der Waals surface area contributed by atoms with E-state index >= 15 is 0 Å². The Balaban J connectivity index is 2.26. The summed E-state index contributed by atoms with van der Waals surface area (Å²) in [7, 11) is 0. The fourth-order valence-corrected chi connectivity index (χ4v) is 2.13. The standard InChI is InChI=1S/C13H17ClN2/c1-2-13-15-9-3-4-10-16(13)12-7-5-11(14)6-8-12/h5-8H,2-4,9-10H2,1H3. The smallest absolute Gasteiger partial charge is 0.103 e. The Labute approximate surface area is 102 Å². The van der Waals surface area contributed by atoms with E-state index in [-0.39, 0.29) is 0 Å². The van der Waals surface area contributed by atoms with Gasteiger partial charge in [0.25, 0.3) is 0 Å². The van der Waals surface area contributed by atoms with Gasteiger partial charge in [0.1, 0.15) is 5.84 Å². The van der Waals surface area contributed by atoms with E-state index in [0.29, 0.717) is 0 Å². The molecule has 0 fully saturated rings. The summed E-state index contributed by atoms with van der Waals surface area (Å²) >= 11 is 5.90. The summed E-state index contributed by atoms with van der Waals surface area (Å²) in [4.78, 5) is 6.94. The Morgan fingerprint density at radius 3 is 2.69 bits per heavy atom. The van der Waals surface area contributed by atoms with Crippen molar-refractivity contribution in [2.75, 3.05) is 18.0 Å². The summed E-state index contributed by atoms with van der Waals surface area (Å²) in [6, 6.07) is 8.02. The predicted octanol–water partition coefficient (Wildman–Crippen LogP) is 3.75. The zero-order valence-electron chi connectivity index (χ0n) is 9.62. The maximum absolute atomic E-state index is 5.90. The molecule has 0 spiro atoms. The molecule has 1 aliphatic rings. The van der Waals surface area contributed by atoms with Crippen molar-refractivity contribution < 1.29 is 0 Å². The Morgan fingerprint density at radius 1 is 1.25 bits per heavy atom. The Bertz CT molecular complexity index is 370. The van der Waals surface area contributed by atoms with Crippen LogP contribution in [-0.2, 0) is 0 Å². The van der Waals surface area contributed by atoms with E-state index in [2.05, 4.69) is 28.9 Å². The quantitative estimate of drug-likeness (QED) is 0.764. The number of hydrogen-bond donors (Lipinski definition) is 0. The average Bonchev–Trinajstić information content (AvgIpc) is 2.55. The van der Waals surface area contributed by atoms with E-state index in [4.69, 9.17) is 11.6 Å². The first-order valence-corrected chi connectivity index (χ1v) is 6.25. The molecule has 1 aromatic rings. The molecule has 1 heterocycles. The van der Waals surface area contributed by atoms with Gasteiger partial charge >= 0.3 is 0 Å². The summed E-state index contributed by atoms with van der Waals surface area (Å²) in [5, 5.41) is 0.786. The molecule has 0 aliphatic carbocycles. The predicted molar refractivity (Wildman–Crippen MR) is 70.6 cm³/mol. The molecule has 86 valence electrons. The second-order valence-electron chi connectivity index (χ2n) is 3.99. The molecular weight excluding hydrogens is 220 g/mol. The fraction of sp³-hybridized carbons (Fsp3) is 0.462. The lowest BCUT2D eigenvalue weighted by molar-refractivity contribution is 0.775. The third kappa shape index (κ3) is 2.56. The molecule has 1 aliphatic heterocycles. The summed E-state index contributed by atoms with van der Waals surface area (Å²) in [6.45, 7) is 4.19. The number of aliphatic imine (C=N–C) groups is 1. The molecule has 0 saturated carbocycles. The number of amidine groups is 1. The number of anilines is 1. The maximum atomic E-state index is 5.90. The molecule has 0 atom stereocenters. The van der Waals surface area contributed by atoms with Gasteiger partial charge in [-0.15, -0.1) is 0 Å². The summed E-state index contributed by atoms with van der Waals surface area (Å²) in [6.07, 6.45) is 3.38. The Hall–Kier alpha value is -1.02. The lowest BCUT2D eigenvalue weighted by atomic mass is 10.2. The van der Waals surface area contributed by atoms with Crippen LogP contribution in [0.25, 0.3) is 0 Å². The molecule has 0 unspecified atom stereocenters. The highest BCUT2D eigenvalue weighted by Crippen LogP contribution is 2.21. The first-order valence-electron chi connectivity index (χ1n) is 5.87. The largest absolute Gasteiger partial charge is 0.330 e. The zero-order chi connectivity index (χ0) is 11.4. The highest BCUT2D eigenvalue weighted by molar-refractivity contribution is 6.30. The monoisotopic (exact) mass is 236 g/mol. The van der Waals surface area contributed by atoms with Crippen molar-refractivity contribution in [2.24, 2.45) is 4.99 Å². The second kappa shape index (κ2) is 5.35. The molecule has 0 saturated heterocycles. The lowest BCUT2D eigenvalue weighted by Gasteiger charge is -2.24. The van der Waals surface area contributed by atoms with Crippen molar-refractivity contribution in [3.63, 3.8) is 0 Å². The highest BCUT2D eigenvalue weighted by Gasteiger charge is 2.13. The first-order chi connectivity index (χ1) is 7.81. The van der Waals surface area contributed by atoms with E-state index in [0.717, 1.165) is 24.5 Å². The fourth-order valence-electron chi connectivity index (χ4n) is 2.01. The van der Waals surface area contributed by atoms with Gasteiger partial charge in [-0.2, -0.15) is 0 Å². The number of halogens is 1. The molecule has 2 nitrogen and oxygen atoms in total. The van der Waals surface area contributed by atoms with Crippen molar-refractivity contribution in [3.05, 3.63) is 29.3 Å². The van der Waals surface area contributed by atoms with Gasteiger partial charge in [-0.05, 0) is 37.1 Å². The van der Waals surface area contributed by atoms with Gasteiger partial charge in [0, 0.05) is 30.2 Å². The van der Waals surface area contributed by atoms with Gasteiger partial charge in [0.15, 0.2) is 0 Å². The number of hydrogen-bond acceptors (Lipinski definition) is 2. The molecule has 2 rings (SSSR count). The normalized spacial score (nSPS) is 16.9. The SMILES string of the molecule is CCC1=NCCCCN1c1ccc(Cl)cc1. The van der Waals surface area contributed by atoms with E-state index in [1.807, 2.05) is 12.1 Å². The average molecular weight is 237 g/mol. The van der Waals surface area contributed by atoms with Crippen LogP contribution < -0.4 is 4.90 Å². The van der Waals surface area contributed by atoms with Crippen LogP contribution in [0.15, 0.2) is 29.3 Å². The summed E-state index contributed by atoms with van der Waals surface area (Å²) in [5.41, 5.74) is 1.20. The third-order valence-corrected chi connectivity index (χ3v) is 3.10. The van der Waals surface area contributed by atoms with Gasteiger partial charge in [0.2, 0.25) is 0 Å². The highest BCUT2D eigenvalue weighted by atomic mass is 35.5. The lowest BCUT2D eigenvalue weighted by Crippen LogP contribution is -2.30. The van der Waals surface area contributed by atoms with Crippen molar-refractivity contribution in [1.29, 1.82) is 0 Å². The number of benzene rings is 1. The molecule has 0 radical (unpaired) electrons. The van der Waals surface area contributed by atoms with Crippen LogP contribution in [0.2, 0.25) is 5.02 Å². The first kappa shape index (κ1) is 11.5. The van der Waals surface area contributed by atoms with Gasteiger partial charge in [-0.1, -0.05) is 18.5 Å². The van der Waals surface area contributed by atoms with Crippen molar-refractivity contribution in [3.8, 4) is 0 Å². The number of nitrogens with zero attached hydrogens (tertiary/aromatic N) is 2. The Kier molecular flexibility index (Phi) is 3.83. The van der Waals surface area contributed by atoms with Gasteiger partial charge in [0.05, 0.1) is 0 Å². The molecule has 16 heavy (non-hydrogen) atoms. The minimum atomic E-state index is 0.786. The van der Waals surface area contributed by atoms with Crippen LogP contribution in [0.5, 0.6) is 0 Å². The van der Waals surface area contributed by atoms with Crippen molar-refractivity contribution >= 4 is 23.1 Å². The minimum absolute atomic E-state index is 0.786. The van der Waals surface area contributed by atoms with E-state index < -0.39 is 0 Å². The Morgan fingerprint density at radius 2 is 2.00 bits per heavy atom. The second-order valence-corrected chi connectivity index (χ2v) is 4.42. The van der Waals surface area contributed by atoms with Crippen molar-refractivity contribution in [2.45, 2.75) is 26.2 Å². The van der Waals surface area contributed by atoms with Crippen LogP contribution >= 0.6 is 11.6 Å². The third-order valence-electron chi connectivity index (χ3n) is 2.85. The minimum Gasteiger partial charge on any atom is -0.330 e. The van der Waals surface area contributed by atoms with Gasteiger partial charge in [-0.3, -0.25) is 4.99 Å². The van der Waals surface area contributed by atoms with E-state index in [1.54, 1.807) is 0 Å². The van der Waals surface area contributed by atoms with Crippen LogP contribution in [0.4, 0.5) is 5.69 Å². The van der Waals surface area contributed by atoms with Crippen LogP contribution in [0, 0.1) is 0 Å². The van der Waals surface area contributed by atoms with Crippen LogP contribution in [0.1, 0.15) is 26.2 Å². The van der Waals surface area contributed by atoms with E-state index in [9.17, 15) is 0 Å². The maximum Gasteiger partial charge on any atom is 0.103 e. The summed E-state index contributed by atoms with van der Waals surface area (Å²) < 4.78 is 0. The van der Waals surface area contributed by atoms with E-state index in [1.165, 1.54) is 24.4 Å².